The van der Waals surface area contributed by atoms with E-state index >= 15 is 0 Å². The molecule has 1 atom stereocenters. The van der Waals surface area contributed by atoms with Crippen LogP contribution in [0.2, 0.25) is 0 Å². The summed E-state index contributed by atoms with van der Waals surface area (Å²) in [6.07, 6.45) is 51.5. The molecule has 57 heavy (non-hydrogen) atoms. The van der Waals surface area contributed by atoms with Gasteiger partial charge < -0.3 is 14.2 Å². The molecule has 0 amide bonds. The molecule has 0 aliphatic rings. The molecule has 0 spiro atoms. The summed E-state index contributed by atoms with van der Waals surface area (Å²) in [5.74, 6) is -0.875. The fourth-order valence-corrected chi connectivity index (χ4v) is 7.17. The molecule has 0 saturated heterocycles. The maximum atomic E-state index is 12.8. The van der Waals surface area contributed by atoms with Gasteiger partial charge in [0, 0.05) is 19.3 Å². The van der Waals surface area contributed by atoms with Crippen LogP contribution in [-0.2, 0) is 28.6 Å². The normalized spacial score (nSPS) is 12.1. The highest BCUT2D eigenvalue weighted by atomic mass is 16.6. The van der Waals surface area contributed by atoms with Crippen molar-refractivity contribution in [1.82, 2.24) is 0 Å². The molecule has 0 aromatic rings. The van der Waals surface area contributed by atoms with Crippen molar-refractivity contribution >= 4 is 17.9 Å². The van der Waals surface area contributed by atoms with E-state index in [9.17, 15) is 14.4 Å². The van der Waals surface area contributed by atoms with E-state index in [0.717, 1.165) is 77.0 Å². The van der Waals surface area contributed by atoms with Crippen molar-refractivity contribution in [3.05, 3.63) is 24.3 Å². The monoisotopic (exact) mass is 803 g/mol. The lowest BCUT2D eigenvalue weighted by Gasteiger charge is -2.18. The first-order chi connectivity index (χ1) is 28.0. The number of hydrogen-bond donors (Lipinski definition) is 0. The number of unbranched alkanes of at least 4 members (excludes halogenated alkanes) is 30. The van der Waals surface area contributed by atoms with Gasteiger partial charge in [-0.05, 0) is 44.9 Å². The standard InChI is InChI=1S/C51H94O6/c1-4-7-10-13-16-19-22-24-26-29-32-35-38-41-44-50(53)56-47-48(46-55-49(52)43-40-37-34-31-28-21-18-15-12-9-6-3)57-51(54)45-42-39-36-33-30-27-25-23-20-17-14-11-8-5-2/h13,16,22,24,48H,4-12,14-15,17-21,23,25-47H2,1-3H3/b16-13-,24-22-/t48-/m1/s1. The molecular formula is C51H94O6. The molecule has 0 fully saturated rings. The van der Waals surface area contributed by atoms with Crippen LogP contribution in [0.15, 0.2) is 24.3 Å². The molecule has 0 bridgehead atoms. The van der Waals surface area contributed by atoms with Crippen molar-refractivity contribution in [3.8, 4) is 0 Å². The van der Waals surface area contributed by atoms with E-state index in [4.69, 9.17) is 14.2 Å². The zero-order chi connectivity index (χ0) is 41.5. The summed E-state index contributed by atoms with van der Waals surface area (Å²) in [5, 5.41) is 0. The summed E-state index contributed by atoms with van der Waals surface area (Å²) in [7, 11) is 0. The molecule has 0 aromatic carbocycles. The van der Waals surface area contributed by atoms with Gasteiger partial charge in [-0.15, -0.1) is 0 Å². The second-order valence-electron chi connectivity index (χ2n) is 16.7. The second-order valence-corrected chi connectivity index (χ2v) is 16.7. The third-order valence-corrected chi connectivity index (χ3v) is 11.0. The molecule has 0 aromatic heterocycles. The lowest BCUT2D eigenvalue weighted by molar-refractivity contribution is -0.167. The van der Waals surface area contributed by atoms with Gasteiger partial charge in [0.15, 0.2) is 6.10 Å². The molecule has 0 saturated carbocycles. The number of allylic oxidation sites excluding steroid dienone is 4. The average molecular weight is 803 g/mol. The van der Waals surface area contributed by atoms with Crippen LogP contribution in [-0.4, -0.2) is 37.2 Å². The Hall–Kier alpha value is -2.11. The van der Waals surface area contributed by atoms with Crippen molar-refractivity contribution in [3.63, 3.8) is 0 Å². The van der Waals surface area contributed by atoms with Gasteiger partial charge in [-0.1, -0.05) is 225 Å². The molecule has 0 aliphatic heterocycles. The average Bonchev–Trinajstić information content (AvgIpc) is 3.21. The lowest BCUT2D eigenvalue weighted by Crippen LogP contribution is -2.30. The van der Waals surface area contributed by atoms with E-state index < -0.39 is 6.10 Å². The van der Waals surface area contributed by atoms with Crippen LogP contribution in [0.25, 0.3) is 0 Å². The minimum atomic E-state index is -0.769. The van der Waals surface area contributed by atoms with Gasteiger partial charge in [-0.2, -0.15) is 0 Å². The summed E-state index contributed by atoms with van der Waals surface area (Å²) < 4.78 is 16.8. The fourth-order valence-electron chi connectivity index (χ4n) is 7.17. The predicted molar refractivity (Wildman–Crippen MR) is 243 cm³/mol. The SMILES string of the molecule is CCCC/C=C\C/C=C\CCCCCCCC(=O)OC[C@@H](COC(=O)CCCCCCCCCCCCC)OC(=O)CCCCCCCCCCCCCCCC. The van der Waals surface area contributed by atoms with Crippen LogP contribution < -0.4 is 0 Å². The summed E-state index contributed by atoms with van der Waals surface area (Å²) in [4.78, 5) is 37.8. The van der Waals surface area contributed by atoms with Gasteiger partial charge in [-0.25, -0.2) is 0 Å². The van der Waals surface area contributed by atoms with Crippen LogP contribution in [0.1, 0.15) is 265 Å². The van der Waals surface area contributed by atoms with E-state index in [2.05, 4.69) is 45.1 Å². The Kier molecular flexibility index (Phi) is 44.9. The maximum Gasteiger partial charge on any atom is 0.306 e. The molecule has 6 heteroatoms. The van der Waals surface area contributed by atoms with Crippen molar-refractivity contribution < 1.29 is 28.6 Å². The minimum absolute atomic E-state index is 0.0712. The summed E-state index contributed by atoms with van der Waals surface area (Å²) in [6.45, 7) is 6.60. The number of rotatable bonds is 45. The van der Waals surface area contributed by atoms with Crippen LogP contribution in [0, 0.1) is 0 Å². The Labute approximate surface area is 353 Å². The third kappa shape index (κ3) is 44.8. The number of carbonyl (C=O) groups excluding carboxylic acids is 3. The number of hydrogen-bond acceptors (Lipinski definition) is 6. The number of carbonyl (C=O) groups is 3. The Morgan fingerprint density at radius 2 is 0.649 bits per heavy atom. The fraction of sp³-hybridized carbons (Fsp3) is 0.863. The van der Waals surface area contributed by atoms with Crippen LogP contribution in [0.3, 0.4) is 0 Å². The first kappa shape index (κ1) is 54.9. The number of ether oxygens (including phenoxy) is 3. The molecule has 0 rings (SSSR count). The van der Waals surface area contributed by atoms with E-state index in [1.165, 1.54) is 148 Å². The molecule has 0 heterocycles. The highest BCUT2D eigenvalue weighted by Crippen LogP contribution is 2.16. The predicted octanol–water partition coefficient (Wildman–Crippen LogP) is 16.0. The molecule has 0 aliphatic carbocycles. The van der Waals surface area contributed by atoms with Crippen molar-refractivity contribution in [2.75, 3.05) is 13.2 Å². The van der Waals surface area contributed by atoms with Crippen molar-refractivity contribution in [2.45, 2.75) is 271 Å². The van der Waals surface area contributed by atoms with Crippen molar-refractivity contribution in [2.24, 2.45) is 0 Å². The van der Waals surface area contributed by atoms with Gasteiger partial charge in [0.1, 0.15) is 13.2 Å². The Balaban J connectivity index is 4.36. The highest BCUT2D eigenvalue weighted by Gasteiger charge is 2.19. The zero-order valence-electron chi connectivity index (χ0n) is 38.1. The van der Waals surface area contributed by atoms with Crippen molar-refractivity contribution in [1.29, 1.82) is 0 Å². The largest absolute Gasteiger partial charge is 0.462 e. The molecule has 6 nitrogen and oxygen atoms in total. The summed E-state index contributed by atoms with van der Waals surface area (Å²) >= 11 is 0. The molecular weight excluding hydrogens is 709 g/mol. The topological polar surface area (TPSA) is 78.9 Å². The molecule has 0 unspecified atom stereocenters. The van der Waals surface area contributed by atoms with E-state index in [0.29, 0.717) is 19.3 Å². The Morgan fingerprint density at radius 3 is 1.02 bits per heavy atom. The van der Waals surface area contributed by atoms with Gasteiger partial charge in [-0.3, -0.25) is 14.4 Å². The highest BCUT2D eigenvalue weighted by molar-refractivity contribution is 5.71. The molecule has 0 N–H and O–H groups in total. The van der Waals surface area contributed by atoms with E-state index in [1.54, 1.807) is 0 Å². The summed E-state index contributed by atoms with van der Waals surface area (Å²) in [5.41, 5.74) is 0. The van der Waals surface area contributed by atoms with Crippen LogP contribution in [0.5, 0.6) is 0 Å². The first-order valence-electron chi connectivity index (χ1n) is 24.8. The first-order valence-corrected chi connectivity index (χ1v) is 24.8. The smallest absolute Gasteiger partial charge is 0.306 e. The number of esters is 3. The van der Waals surface area contributed by atoms with Gasteiger partial charge in [0.25, 0.3) is 0 Å². The van der Waals surface area contributed by atoms with Gasteiger partial charge in [0.05, 0.1) is 0 Å². The second kappa shape index (κ2) is 46.6. The molecule has 334 valence electrons. The van der Waals surface area contributed by atoms with Crippen LogP contribution >= 0.6 is 0 Å². The zero-order valence-corrected chi connectivity index (χ0v) is 38.1. The maximum absolute atomic E-state index is 12.8. The van der Waals surface area contributed by atoms with Gasteiger partial charge in [0.2, 0.25) is 0 Å². The lowest BCUT2D eigenvalue weighted by atomic mass is 10.0. The Bertz CT molecular complexity index is 927. The van der Waals surface area contributed by atoms with E-state index in [-0.39, 0.29) is 31.1 Å². The van der Waals surface area contributed by atoms with Crippen LogP contribution in [0.4, 0.5) is 0 Å². The summed E-state index contributed by atoms with van der Waals surface area (Å²) in [6, 6.07) is 0. The quantitative estimate of drug-likeness (QED) is 0.0264. The molecule has 0 radical (unpaired) electrons. The third-order valence-electron chi connectivity index (χ3n) is 11.0. The van der Waals surface area contributed by atoms with Gasteiger partial charge >= 0.3 is 17.9 Å². The Morgan fingerprint density at radius 1 is 0.351 bits per heavy atom. The minimum Gasteiger partial charge on any atom is -0.462 e. The van der Waals surface area contributed by atoms with E-state index in [1.807, 2.05) is 0 Å².